The van der Waals surface area contributed by atoms with Gasteiger partial charge in [0.1, 0.15) is 5.82 Å². The highest BCUT2D eigenvalue weighted by molar-refractivity contribution is 6.11. The lowest BCUT2D eigenvalue weighted by molar-refractivity contribution is 0.0323. The fourth-order valence-corrected chi connectivity index (χ4v) is 3.44. The van der Waals surface area contributed by atoms with Gasteiger partial charge in [-0.05, 0) is 37.6 Å². The number of hydrogen-bond donors (Lipinski definition) is 2. The van der Waals surface area contributed by atoms with Gasteiger partial charge in [0.2, 0.25) is 5.91 Å². The third-order valence-electron chi connectivity index (χ3n) is 4.96. The number of pyridine rings is 2. The molecule has 1 aromatic carbocycles. The molecule has 3 heterocycles. The number of anilines is 1. The monoisotopic (exact) mass is 365 g/mol. The van der Waals surface area contributed by atoms with Crippen molar-refractivity contribution in [2.75, 3.05) is 31.1 Å². The summed E-state index contributed by atoms with van der Waals surface area (Å²) in [4.78, 5) is 22.8. The van der Waals surface area contributed by atoms with Gasteiger partial charge in [0.25, 0.3) is 0 Å². The molecule has 7 nitrogen and oxygen atoms in total. The molecule has 1 aliphatic rings. The first-order valence-electron chi connectivity index (χ1n) is 9.21. The molecule has 1 amide bonds. The first-order valence-corrected chi connectivity index (χ1v) is 9.21. The van der Waals surface area contributed by atoms with E-state index in [1.54, 1.807) is 18.3 Å². The molecular formula is C20H23N5O2. The van der Waals surface area contributed by atoms with E-state index >= 15 is 0 Å². The van der Waals surface area contributed by atoms with Gasteiger partial charge in [-0.15, -0.1) is 0 Å². The Morgan fingerprint density at radius 3 is 2.81 bits per heavy atom. The summed E-state index contributed by atoms with van der Waals surface area (Å²) in [5.41, 5.74) is 12.1. The fourth-order valence-electron chi connectivity index (χ4n) is 3.44. The number of unbranched alkanes of at least 4 members (excludes halogenated alkanes) is 1. The Labute approximate surface area is 157 Å². The molecule has 2 aromatic heterocycles. The topological polar surface area (TPSA) is 107 Å². The number of nitrogens with two attached hydrogens (primary N) is 2. The first kappa shape index (κ1) is 17.6. The zero-order chi connectivity index (χ0) is 18.8. The molecule has 7 heteroatoms. The van der Waals surface area contributed by atoms with Crippen LogP contribution in [0.3, 0.4) is 0 Å². The first-order chi connectivity index (χ1) is 13.2. The maximum absolute atomic E-state index is 11.5. The Kier molecular flexibility index (Phi) is 4.87. The number of primary amides is 1. The zero-order valence-electron chi connectivity index (χ0n) is 15.1. The quantitative estimate of drug-likeness (QED) is 0.488. The molecule has 1 aliphatic heterocycles. The van der Waals surface area contributed by atoms with Crippen LogP contribution in [0.5, 0.6) is 0 Å². The minimum absolute atomic E-state index is 0.217. The molecule has 1 fully saturated rings. The van der Waals surface area contributed by atoms with Crippen molar-refractivity contribution < 1.29 is 9.53 Å². The number of ether oxygens (including phenoxy) is 1. The summed E-state index contributed by atoms with van der Waals surface area (Å²) in [5, 5.41) is 3.02. The van der Waals surface area contributed by atoms with Gasteiger partial charge in [0.15, 0.2) is 0 Å². The third kappa shape index (κ3) is 3.43. The van der Waals surface area contributed by atoms with E-state index in [1.807, 2.05) is 18.3 Å². The normalized spacial score (nSPS) is 14.6. The Bertz CT molecular complexity index is 985. The summed E-state index contributed by atoms with van der Waals surface area (Å²) in [6.45, 7) is 3.05. The van der Waals surface area contributed by atoms with Crippen LogP contribution in [0.1, 0.15) is 23.2 Å². The molecule has 27 heavy (non-hydrogen) atoms. The van der Waals surface area contributed by atoms with Crippen LogP contribution in [-0.2, 0) is 4.74 Å². The highest BCUT2D eigenvalue weighted by Gasteiger charge is 2.30. The smallest absolute Gasteiger partial charge is 0.248 e. The highest BCUT2D eigenvalue weighted by atomic mass is 16.5. The number of carbonyl (C=O) groups excluding carboxylic acids is 1. The number of benzene rings is 1. The van der Waals surface area contributed by atoms with Gasteiger partial charge in [0, 0.05) is 53.8 Å². The summed E-state index contributed by atoms with van der Waals surface area (Å²) in [6.07, 6.45) is 5.81. The van der Waals surface area contributed by atoms with Crippen LogP contribution in [0.25, 0.3) is 21.7 Å². The second-order valence-corrected chi connectivity index (χ2v) is 6.85. The number of fused-ring (bicyclic) bond motifs is 3. The fraction of sp³-hybridized carbons (Fsp3) is 0.350. The van der Waals surface area contributed by atoms with Gasteiger partial charge in [-0.3, -0.25) is 9.78 Å². The van der Waals surface area contributed by atoms with Crippen molar-refractivity contribution in [3.63, 3.8) is 0 Å². The van der Waals surface area contributed by atoms with Crippen LogP contribution in [0, 0.1) is 0 Å². The lowest BCUT2D eigenvalue weighted by atomic mass is 10.0. The second kappa shape index (κ2) is 7.46. The van der Waals surface area contributed by atoms with Gasteiger partial charge >= 0.3 is 0 Å². The van der Waals surface area contributed by atoms with Crippen molar-refractivity contribution >= 4 is 33.4 Å². The van der Waals surface area contributed by atoms with Gasteiger partial charge in [0.05, 0.1) is 11.6 Å². The van der Waals surface area contributed by atoms with Crippen LogP contribution in [-0.4, -0.2) is 48.2 Å². The van der Waals surface area contributed by atoms with E-state index < -0.39 is 5.91 Å². The standard InChI is InChI=1S/C20H23N5O2/c21-6-1-2-8-27-14-11-25(12-14)20-16-5-7-23-10-17(16)15-4-3-13(19(22)26)9-18(15)24-20/h3-5,7,9-10,14H,1-2,6,8,11-12,21H2,(H2,22,26). The van der Waals surface area contributed by atoms with Gasteiger partial charge < -0.3 is 21.1 Å². The summed E-state index contributed by atoms with van der Waals surface area (Å²) in [5.74, 6) is 0.435. The van der Waals surface area contributed by atoms with Crippen molar-refractivity contribution in [1.82, 2.24) is 9.97 Å². The molecule has 0 radical (unpaired) electrons. The lowest BCUT2D eigenvalue weighted by Crippen LogP contribution is -2.52. The Morgan fingerprint density at radius 2 is 2.04 bits per heavy atom. The minimum Gasteiger partial charge on any atom is -0.375 e. The molecule has 0 bridgehead atoms. The lowest BCUT2D eigenvalue weighted by Gasteiger charge is -2.40. The molecule has 4 N–H and O–H groups in total. The minimum atomic E-state index is -0.457. The van der Waals surface area contributed by atoms with Gasteiger partial charge in [-0.25, -0.2) is 4.98 Å². The highest BCUT2D eigenvalue weighted by Crippen LogP contribution is 2.33. The number of carbonyl (C=O) groups is 1. The van der Waals surface area contributed by atoms with E-state index in [2.05, 4.69) is 9.88 Å². The van der Waals surface area contributed by atoms with Crippen molar-refractivity contribution in [3.05, 3.63) is 42.2 Å². The van der Waals surface area contributed by atoms with Crippen LogP contribution >= 0.6 is 0 Å². The molecule has 4 rings (SSSR count). The Morgan fingerprint density at radius 1 is 1.19 bits per heavy atom. The summed E-state index contributed by atoms with van der Waals surface area (Å²) in [7, 11) is 0. The SMILES string of the molecule is NCCCCOC1CN(c2nc3cc(C(N)=O)ccc3c3cnccc23)C1. The summed E-state index contributed by atoms with van der Waals surface area (Å²) in [6, 6.07) is 7.34. The molecule has 140 valence electrons. The number of nitrogens with zero attached hydrogens (tertiary/aromatic N) is 3. The van der Waals surface area contributed by atoms with E-state index in [9.17, 15) is 4.79 Å². The van der Waals surface area contributed by atoms with Crippen molar-refractivity contribution in [2.24, 2.45) is 11.5 Å². The second-order valence-electron chi connectivity index (χ2n) is 6.85. The van der Waals surface area contributed by atoms with E-state index in [-0.39, 0.29) is 6.10 Å². The summed E-state index contributed by atoms with van der Waals surface area (Å²) >= 11 is 0. The van der Waals surface area contributed by atoms with Crippen LogP contribution < -0.4 is 16.4 Å². The zero-order valence-corrected chi connectivity index (χ0v) is 15.1. The van der Waals surface area contributed by atoms with Crippen LogP contribution in [0.2, 0.25) is 0 Å². The molecule has 1 saturated heterocycles. The van der Waals surface area contributed by atoms with Crippen molar-refractivity contribution in [2.45, 2.75) is 18.9 Å². The molecule has 0 unspecified atom stereocenters. The average molecular weight is 365 g/mol. The number of hydrogen-bond acceptors (Lipinski definition) is 6. The van der Waals surface area contributed by atoms with E-state index in [4.69, 9.17) is 21.2 Å². The van der Waals surface area contributed by atoms with Crippen LogP contribution in [0.15, 0.2) is 36.7 Å². The van der Waals surface area contributed by atoms with Gasteiger partial charge in [-0.2, -0.15) is 0 Å². The number of aromatic nitrogens is 2. The average Bonchev–Trinajstić information content (AvgIpc) is 2.65. The Balaban J connectivity index is 1.63. The van der Waals surface area contributed by atoms with Gasteiger partial charge in [-0.1, -0.05) is 6.07 Å². The molecule has 0 aliphatic carbocycles. The predicted octanol–water partition coefficient (Wildman–Crippen LogP) is 1.83. The molecule has 0 spiro atoms. The van der Waals surface area contributed by atoms with E-state index in [0.29, 0.717) is 12.1 Å². The largest absolute Gasteiger partial charge is 0.375 e. The number of rotatable bonds is 7. The maximum Gasteiger partial charge on any atom is 0.248 e. The van der Waals surface area contributed by atoms with E-state index in [1.165, 1.54) is 0 Å². The van der Waals surface area contributed by atoms with Crippen LogP contribution in [0.4, 0.5) is 5.82 Å². The number of amides is 1. The molecular weight excluding hydrogens is 342 g/mol. The molecule has 3 aromatic rings. The Hall–Kier alpha value is -2.77. The predicted molar refractivity (Wildman–Crippen MR) is 106 cm³/mol. The maximum atomic E-state index is 11.5. The third-order valence-corrected chi connectivity index (χ3v) is 4.96. The van der Waals surface area contributed by atoms with Crippen molar-refractivity contribution in [3.8, 4) is 0 Å². The molecule has 0 atom stereocenters. The molecule has 0 saturated carbocycles. The van der Waals surface area contributed by atoms with E-state index in [0.717, 1.165) is 60.0 Å². The van der Waals surface area contributed by atoms with Crippen molar-refractivity contribution in [1.29, 1.82) is 0 Å². The summed E-state index contributed by atoms with van der Waals surface area (Å²) < 4.78 is 5.88.